The Balaban J connectivity index is 1.96. The van der Waals surface area contributed by atoms with Gasteiger partial charge in [0.2, 0.25) is 0 Å². The van der Waals surface area contributed by atoms with Crippen molar-refractivity contribution >= 4 is 0 Å². The van der Waals surface area contributed by atoms with Crippen LogP contribution in [0.25, 0.3) is 0 Å². The molecule has 0 aromatic carbocycles. The second-order valence-corrected chi connectivity index (χ2v) is 5.26. The SMILES string of the molecule is CC(C)N(C)CCCCC1CCNCC1. The first-order valence-electron chi connectivity index (χ1n) is 6.61. The quantitative estimate of drug-likeness (QED) is 0.681. The van der Waals surface area contributed by atoms with Crippen molar-refractivity contribution in [1.82, 2.24) is 10.2 Å². The lowest BCUT2D eigenvalue weighted by atomic mass is 9.92. The molecule has 0 spiro atoms. The summed E-state index contributed by atoms with van der Waals surface area (Å²) in [4.78, 5) is 2.45. The van der Waals surface area contributed by atoms with Gasteiger partial charge in [-0.15, -0.1) is 0 Å². The summed E-state index contributed by atoms with van der Waals surface area (Å²) in [6.45, 7) is 8.30. The molecule has 0 amide bonds. The topological polar surface area (TPSA) is 15.3 Å². The van der Waals surface area contributed by atoms with Gasteiger partial charge in [0.1, 0.15) is 0 Å². The van der Waals surface area contributed by atoms with Crippen LogP contribution in [0.3, 0.4) is 0 Å². The van der Waals surface area contributed by atoms with Gasteiger partial charge in [-0.25, -0.2) is 0 Å². The van der Waals surface area contributed by atoms with E-state index in [4.69, 9.17) is 0 Å². The van der Waals surface area contributed by atoms with Gasteiger partial charge in [-0.3, -0.25) is 0 Å². The van der Waals surface area contributed by atoms with Gasteiger partial charge in [0.05, 0.1) is 0 Å². The average molecular weight is 212 g/mol. The van der Waals surface area contributed by atoms with E-state index in [-0.39, 0.29) is 0 Å². The van der Waals surface area contributed by atoms with Crippen molar-refractivity contribution in [3.8, 4) is 0 Å². The Morgan fingerprint density at radius 1 is 1.20 bits per heavy atom. The van der Waals surface area contributed by atoms with Crippen LogP contribution in [0.5, 0.6) is 0 Å². The zero-order valence-corrected chi connectivity index (χ0v) is 10.8. The Morgan fingerprint density at radius 3 is 2.47 bits per heavy atom. The molecule has 0 aromatic rings. The Bertz CT molecular complexity index is 151. The summed E-state index contributed by atoms with van der Waals surface area (Å²) in [5.41, 5.74) is 0. The molecule has 1 rings (SSSR count). The molecule has 0 bridgehead atoms. The molecule has 1 aliphatic heterocycles. The molecule has 1 heterocycles. The minimum atomic E-state index is 0.698. The monoisotopic (exact) mass is 212 g/mol. The van der Waals surface area contributed by atoms with E-state index in [0.717, 1.165) is 5.92 Å². The third kappa shape index (κ3) is 5.53. The highest BCUT2D eigenvalue weighted by atomic mass is 15.1. The molecule has 0 aromatic heterocycles. The molecule has 2 heteroatoms. The zero-order valence-electron chi connectivity index (χ0n) is 10.8. The first kappa shape index (κ1) is 13.0. The highest BCUT2D eigenvalue weighted by Gasteiger charge is 2.12. The third-order valence-corrected chi connectivity index (χ3v) is 3.71. The lowest BCUT2D eigenvalue weighted by molar-refractivity contribution is 0.260. The molecule has 1 fully saturated rings. The molecule has 1 N–H and O–H groups in total. The summed E-state index contributed by atoms with van der Waals surface area (Å²) in [6, 6.07) is 0.698. The highest BCUT2D eigenvalue weighted by Crippen LogP contribution is 2.18. The number of hydrogen-bond donors (Lipinski definition) is 1. The normalized spacial score (nSPS) is 19.0. The van der Waals surface area contributed by atoms with Gasteiger partial charge in [-0.1, -0.05) is 12.8 Å². The number of hydrogen-bond acceptors (Lipinski definition) is 2. The van der Waals surface area contributed by atoms with Gasteiger partial charge in [0.15, 0.2) is 0 Å². The van der Waals surface area contributed by atoms with Crippen molar-refractivity contribution in [2.45, 2.75) is 52.0 Å². The van der Waals surface area contributed by atoms with E-state index < -0.39 is 0 Å². The van der Waals surface area contributed by atoms with Gasteiger partial charge in [0.25, 0.3) is 0 Å². The van der Waals surface area contributed by atoms with Crippen LogP contribution < -0.4 is 5.32 Å². The average Bonchev–Trinajstić information content (AvgIpc) is 2.25. The molecule has 2 nitrogen and oxygen atoms in total. The molecule has 0 aliphatic carbocycles. The number of nitrogens with zero attached hydrogens (tertiary/aromatic N) is 1. The third-order valence-electron chi connectivity index (χ3n) is 3.71. The Morgan fingerprint density at radius 2 is 1.87 bits per heavy atom. The number of nitrogens with one attached hydrogen (secondary N) is 1. The molecule has 0 saturated carbocycles. The maximum Gasteiger partial charge on any atom is 0.00355 e. The van der Waals surface area contributed by atoms with E-state index in [9.17, 15) is 0 Å². The van der Waals surface area contributed by atoms with Crippen molar-refractivity contribution in [2.24, 2.45) is 5.92 Å². The van der Waals surface area contributed by atoms with E-state index in [1.807, 2.05) is 0 Å². The van der Waals surface area contributed by atoms with Gasteiger partial charge in [-0.2, -0.15) is 0 Å². The van der Waals surface area contributed by atoms with E-state index in [2.05, 4.69) is 31.1 Å². The predicted octanol–water partition coefficient (Wildman–Crippen LogP) is 2.50. The van der Waals surface area contributed by atoms with Gasteiger partial charge < -0.3 is 10.2 Å². The summed E-state index contributed by atoms with van der Waals surface area (Å²) >= 11 is 0. The molecular weight excluding hydrogens is 184 g/mol. The smallest absolute Gasteiger partial charge is 0.00355 e. The second-order valence-electron chi connectivity index (χ2n) is 5.26. The Kier molecular flexibility index (Phi) is 6.26. The number of rotatable bonds is 6. The molecule has 90 valence electrons. The molecular formula is C13H28N2. The van der Waals surface area contributed by atoms with Crippen molar-refractivity contribution in [3.05, 3.63) is 0 Å². The maximum atomic E-state index is 3.43. The standard InChI is InChI=1S/C13H28N2/c1-12(2)15(3)11-5-4-6-13-7-9-14-10-8-13/h12-14H,4-11H2,1-3H3. The van der Waals surface area contributed by atoms with Gasteiger partial charge in [0, 0.05) is 6.04 Å². The molecule has 15 heavy (non-hydrogen) atoms. The number of piperidine rings is 1. The highest BCUT2D eigenvalue weighted by molar-refractivity contribution is 4.68. The minimum absolute atomic E-state index is 0.698. The van der Waals surface area contributed by atoms with E-state index in [1.54, 1.807) is 0 Å². The fourth-order valence-corrected chi connectivity index (χ4v) is 2.22. The zero-order chi connectivity index (χ0) is 11.1. The molecule has 1 aliphatic rings. The van der Waals surface area contributed by atoms with Crippen molar-refractivity contribution in [3.63, 3.8) is 0 Å². The summed E-state index contributed by atoms with van der Waals surface area (Å²) in [6.07, 6.45) is 7.05. The summed E-state index contributed by atoms with van der Waals surface area (Å²) in [5, 5.41) is 3.43. The summed E-state index contributed by atoms with van der Waals surface area (Å²) in [7, 11) is 2.23. The predicted molar refractivity (Wildman–Crippen MR) is 67.2 cm³/mol. The van der Waals surface area contributed by atoms with Crippen LogP contribution in [0.1, 0.15) is 46.0 Å². The summed E-state index contributed by atoms with van der Waals surface area (Å²) < 4.78 is 0. The largest absolute Gasteiger partial charge is 0.317 e. The minimum Gasteiger partial charge on any atom is -0.317 e. The van der Waals surface area contributed by atoms with E-state index in [0.29, 0.717) is 6.04 Å². The van der Waals surface area contributed by atoms with E-state index >= 15 is 0 Å². The Labute approximate surface area is 95.4 Å². The second kappa shape index (κ2) is 7.24. The van der Waals surface area contributed by atoms with Gasteiger partial charge >= 0.3 is 0 Å². The van der Waals surface area contributed by atoms with Crippen LogP contribution in [-0.2, 0) is 0 Å². The first-order valence-corrected chi connectivity index (χ1v) is 6.61. The maximum absolute atomic E-state index is 3.43. The molecule has 0 radical (unpaired) electrons. The molecule has 0 atom stereocenters. The van der Waals surface area contributed by atoms with Crippen LogP contribution in [0.15, 0.2) is 0 Å². The fraction of sp³-hybridized carbons (Fsp3) is 1.00. The van der Waals surface area contributed by atoms with Crippen LogP contribution in [0.4, 0.5) is 0 Å². The van der Waals surface area contributed by atoms with E-state index in [1.165, 1.54) is 51.7 Å². The Hall–Kier alpha value is -0.0800. The van der Waals surface area contributed by atoms with Crippen LogP contribution in [0.2, 0.25) is 0 Å². The number of unbranched alkanes of at least 4 members (excludes halogenated alkanes) is 1. The summed E-state index contributed by atoms with van der Waals surface area (Å²) in [5.74, 6) is 1.01. The molecule has 1 saturated heterocycles. The van der Waals surface area contributed by atoms with Crippen molar-refractivity contribution in [2.75, 3.05) is 26.7 Å². The van der Waals surface area contributed by atoms with Crippen molar-refractivity contribution < 1.29 is 0 Å². The van der Waals surface area contributed by atoms with Crippen LogP contribution in [0, 0.1) is 5.92 Å². The lowest BCUT2D eigenvalue weighted by Crippen LogP contribution is -2.28. The lowest BCUT2D eigenvalue weighted by Gasteiger charge is -2.24. The first-order chi connectivity index (χ1) is 7.20. The van der Waals surface area contributed by atoms with Crippen LogP contribution in [-0.4, -0.2) is 37.6 Å². The van der Waals surface area contributed by atoms with Crippen molar-refractivity contribution in [1.29, 1.82) is 0 Å². The molecule has 0 unspecified atom stereocenters. The van der Waals surface area contributed by atoms with Crippen LogP contribution >= 0.6 is 0 Å². The van der Waals surface area contributed by atoms with Gasteiger partial charge in [-0.05, 0) is 65.7 Å². The fourth-order valence-electron chi connectivity index (χ4n) is 2.22.